The van der Waals surface area contributed by atoms with Gasteiger partial charge in [-0.1, -0.05) is 6.92 Å². The van der Waals surface area contributed by atoms with Crippen molar-refractivity contribution in [3.63, 3.8) is 0 Å². The van der Waals surface area contributed by atoms with Crippen LogP contribution < -0.4 is 0 Å². The molecule has 2 nitrogen and oxygen atoms in total. The van der Waals surface area contributed by atoms with Crippen molar-refractivity contribution in [2.75, 3.05) is 6.61 Å². The summed E-state index contributed by atoms with van der Waals surface area (Å²) in [5.41, 5.74) is 0. The fraction of sp³-hybridized carbons (Fsp3) is 0.857. The third-order valence-electron chi connectivity index (χ3n) is 1.25. The monoisotopic (exact) mass is 178 g/mol. The summed E-state index contributed by atoms with van der Waals surface area (Å²) in [5, 5.41) is 0. The Hall–Kier alpha value is -0.383. The van der Waals surface area contributed by atoms with Crippen molar-refractivity contribution in [2.24, 2.45) is 0 Å². The van der Waals surface area contributed by atoms with E-state index in [-0.39, 0.29) is 12.6 Å². The molecule has 0 aliphatic rings. The van der Waals surface area contributed by atoms with Crippen LogP contribution in [0.25, 0.3) is 0 Å². The highest BCUT2D eigenvalue weighted by Gasteiger charge is 2.20. The molecule has 0 fully saturated rings. The molecule has 66 valence electrons. The zero-order valence-electron chi connectivity index (χ0n) is 7.32. The fourth-order valence-electron chi connectivity index (χ4n) is 0.510. The number of halogens is 1. The first-order valence-corrected chi connectivity index (χ1v) is 6.89. The molecule has 0 aliphatic carbocycles. The molecule has 0 aromatic heterocycles. The Bertz CT molecular complexity index is 131. The average Bonchev–Trinajstić information content (AvgIpc) is 1.85. The zero-order valence-corrected chi connectivity index (χ0v) is 8.32. The van der Waals surface area contributed by atoms with Crippen molar-refractivity contribution in [3.05, 3.63) is 0 Å². The Morgan fingerprint density at radius 2 is 2.09 bits per heavy atom. The van der Waals surface area contributed by atoms with Crippen molar-refractivity contribution in [1.82, 2.24) is 0 Å². The van der Waals surface area contributed by atoms with Crippen molar-refractivity contribution in [3.8, 4) is 0 Å². The minimum Gasteiger partial charge on any atom is -0.466 e. The highest BCUT2D eigenvalue weighted by molar-refractivity contribution is 6.70. The van der Waals surface area contributed by atoms with E-state index in [1.807, 2.05) is 0 Å². The summed E-state index contributed by atoms with van der Waals surface area (Å²) >= 11 is 0. The van der Waals surface area contributed by atoms with Gasteiger partial charge in [0.15, 0.2) is 0 Å². The van der Waals surface area contributed by atoms with Gasteiger partial charge in [-0.05, 0) is 13.1 Å². The predicted molar refractivity (Wildman–Crippen MR) is 44.6 cm³/mol. The third kappa shape index (κ3) is 7.51. The number of hydrogen-bond donors (Lipinski definition) is 0. The second-order valence-corrected chi connectivity index (χ2v) is 6.98. The number of hydrogen-bond acceptors (Lipinski definition) is 2. The topological polar surface area (TPSA) is 26.3 Å². The molecule has 4 heteroatoms. The highest BCUT2D eigenvalue weighted by atomic mass is 28.4. The molecule has 0 N–H and O–H groups in total. The van der Waals surface area contributed by atoms with Crippen LogP contribution in [0.15, 0.2) is 0 Å². The molecule has 0 bridgehead atoms. The first kappa shape index (κ1) is 10.6. The number of ether oxygens (including phenoxy) is 1. The Balaban J connectivity index is 3.35. The quantitative estimate of drug-likeness (QED) is 0.374. The minimum atomic E-state index is -2.51. The smallest absolute Gasteiger partial charge is 0.305 e. The Morgan fingerprint density at radius 3 is 2.45 bits per heavy atom. The number of rotatable bonds is 4. The zero-order chi connectivity index (χ0) is 8.91. The Morgan fingerprint density at radius 1 is 1.55 bits per heavy atom. The van der Waals surface area contributed by atoms with Gasteiger partial charge in [-0.3, -0.25) is 4.79 Å². The van der Waals surface area contributed by atoms with Gasteiger partial charge in [-0.2, -0.15) is 0 Å². The average molecular weight is 178 g/mol. The van der Waals surface area contributed by atoms with Gasteiger partial charge >= 0.3 is 5.97 Å². The summed E-state index contributed by atoms with van der Waals surface area (Å²) in [7, 11) is -2.51. The van der Waals surface area contributed by atoms with E-state index in [0.717, 1.165) is 0 Å². The molecule has 0 amide bonds. The number of carbonyl (C=O) groups excluding carboxylic acids is 1. The van der Waals surface area contributed by atoms with Crippen LogP contribution in [0, 0.1) is 0 Å². The molecule has 0 aliphatic heterocycles. The lowest BCUT2D eigenvalue weighted by atomic mass is 10.5. The van der Waals surface area contributed by atoms with Gasteiger partial charge in [-0.25, -0.2) is 0 Å². The van der Waals surface area contributed by atoms with E-state index >= 15 is 0 Å². The molecule has 11 heavy (non-hydrogen) atoms. The van der Waals surface area contributed by atoms with Crippen LogP contribution in [0.4, 0.5) is 4.11 Å². The Labute approximate surface area is 67.9 Å². The molecule has 0 atom stereocenters. The van der Waals surface area contributed by atoms with Crippen molar-refractivity contribution >= 4 is 14.4 Å². The number of carbonyl (C=O) groups is 1. The second kappa shape index (κ2) is 4.49. The van der Waals surface area contributed by atoms with E-state index in [1.54, 1.807) is 20.0 Å². The predicted octanol–water partition coefficient (Wildman–Crippen LogP) is 2.11. The largest absolute Gasteiger partial charge is 0.466 e. The molecule has 0 saturated carbocycles. The lowest BCUT2D eigenvalue weighted by Gasteiger charge is -2.09. The van der Waals surface area contributed by atoms with Crippen LogP contribution in [0.1, 0.15) is 13.3 Å². The van der Waals surface area contributed by atoms with E-state index in [0.29, 0.717) is 12.5 Å². The normalized spacial score (nSPS) is 11.3. The first-order chi connectivity index (χ1) is 4.95. The van der Waals surface area contributed by atoms with Gasteiger partial charge in [0.2, 0.25) is 8.41 Å². The fourth-order valence-corrected chi connectivity index (χ4v) is 1.10. The van der Waals surface area contributed by atoms with E-state index < -0.39 is 8.41 Å². The molecule has 0 spiro atoms. The summed E-state index contributed by atoms with van der Waals surface area (Å²) in [6.45, 7) is 5.17. The van der Waals surface area contributed by atoms with Crippen molar-refractivity contribution in [2.45, 2.75) is 32.5 Å². The molecule has 0 radical (unpaired) electrons. The maximum absolute atomic E-state index is 12.9. The molecule has 0 heterocycles. The summed E-state index contributed by atoms with van der Waals surface area (Å²) in [4.78, 5) is 10.6. The maximum atomic E-state index is 12.9. The van der Waals surface area contributed by atoms with E-state index in [2.05, 4.69) is 0 Å². The van der Waals surface area contributed by atoms with Gasteiger partial charge in [0, 0.05) is 12.5 Å². The summed E-state index contributed by atoms with van der Waals surface area (Å²) in [6.07, 6.45) is 0.369. The van der Waals surface area contributed by atoms with Crippen molar-refractivity contribution < 1.29 is 13.6 Å². The van der Waals surface area contributed by atoms with Crippen LogP contribution in [0.5, 0.6) is 0 Å². The molecular formula is C7H15FO2Si. The summed E-state index contributed by atoms with van der Waals surface area (Å²) in [6, 6.07) is 0.402. The van der Waals surface area contributed by atoms with E-state index in [9.17, 15) is 8.90 Å². The van der Waals surface area contributed by atoms with Crippen LogP contribution in [-0.4, -0.2) is 21.0 Å². The minimum absolute atomic E-state index is 0.238. The van der Waals surface area contributed by atoms with Gasteiger partial charge in [0.05, 0.1) is 6.61 Å². The Kier molecular flexibility index (Phi) is 4.33. The van der Waals surface area contributed by atoms with Crippen LogP contribution in [0.3, 0.4) is 0 Å². The first-order valence-electron chi connectivity index (χ1n) is 3.80. The van der Waals surface area contributed by atoms with Crippen LogP contribution >= 0.6 is 0 Å². The molecular weight excluding hydrogens is 163 g/mol. The lowest BCUT2D eigenvalue weighted by Crippen LogP contribution is -2.21. The standard InChI is InChI=1S/C7H15FO2Si/c1-4-7(9)10-5-6-11(2,3)8/h4-6H2,1-3H3. The van der Waals surface area contributed by atoms with Crippen LogP contribution in [0.2, 0.25) is 19.1 Å². The molecule has 0 saturated heterocycles. The highest BCUT2D eigenvalue weighted by Crippen LogP contribution is 2.09. The molecule has 0 rings (SSSR count). The van der Waals surface area contributed by atoms with Gasteiger partial charge in [0.25, 0.3) is 0 Å². The van der Waals surface area contributed by atoms with E-state index in [1.165, 1.54) is 0 Å². The van der Waals surface area contributed by atoms with Crippen molar-refractivity contribution in [1.29, 1.82) is 0 Å². The van der Waals surface area contributed by atoms with Gasteiger partial charge < -0.3 is 8.84 Å². The summed E-state index contributed by atoms with van der Waals surface area (Å²) in [5.74, 6) is -0.247. The SMILES string of the molecule is CCC(=O)OCC[Si](C)(C)F. The summed E-state index contributed by atoms with van der Waals surface area (Å²) < 4.78 is 17.6. The lowest BCUT2D eigenvalue weighted by molar-refractivity contribution is -0.142. The molecule has 0 unspecified atom stereocenters. The third-order valence-corrected chi connectivity index (χ3v) is 2.64. The number of esters is 1. The van der Waals surface area contributed by atoms with Gasteiger partial charge in [0.1, 0.15) is 0 Å². The van der Waals surface area contributed by atoms with Gasteiger partial charge in [-0.15, -0.1) is 0 Å². The molecule has 0 aromatic carbocycles. The molecule has 0 aromatic rings. The van der Waals surface area contributed by atoms with E-state index in [4.69, 9.17) is 4.74 Å². The second-order valence-electron chi connectivity index (χ2n) is 3.04. The maximum Gasteiger partial charge on any atom is 0.305 e. The van der Waals surface area contributed by atoms with Crippen LogP contribution in [-0.2, 0) is 9.53 Å².